The summed E-state index contributed by atoms with van der Waals surface area (Å²) in [5.41, 5.74) is 7.49. The van der Waals surface area contributed by atoms with Gasteiger partial charge in [-0.2, -0.15) is 0 Å². The molecule has 1 amide bonds. The van der Waals surface area contributed by atoms with Crippen LogP contribution in [0.25, 0.3) is 0 Å². The van der Waals surface area contributed by atoms with Gasteiger partial charge < -0.3 is 10.6 Å². The van der Waals surface area contributed by atoms with E-state index in [9.17, 15) is 4.79 Å². The molecule has 140 valence electrons. The first-order valence-electron chi connectivity index (χ1n) is 9.74. The number of likely N-dealkylation sites (tertiary alicyclic amines) is 1. The van der Waals surface area contributed by atoms with Crippen LogP contribution in [-0.4, -0.2) is 46.9 Å². The molecule has 1 saturated heterocycles. The molecule has 1 aromatic carbocycles. The Morgan fingerprint density at radius 2 is 1.88 bits per heavy atom. The van der Waals surface area contributed by atoms with E-state index in [1.54, 1.807) is 0 Å². The smallest absolute Gasteiger partial charge is 0.240 e. The largest absolute Gasteiger partial charge is 0.337 e. The van der Waals surface area contributed by atoms with Crippen molar-refractivity contribution in [3.63, 3.8) is 0 Å². The zero-order valence-corrected chi connectivity index (χ0v) is 16.3. The fraction of sp³-hybridized carbons (Fsp3) is 0.667. The Morgan fingerprint density at radius 3 is 2.48 bits per heavy atom. The number of amides is 1. The molecule has 1 fully saturated rings. The van der Waals surface area contributed by atoms with Gasteiger partial charge in [0.2, 0.25) is 5.91 Å². The van der Waals surface area contributed by atoms with Crippen molar-refractivity contribution in [1.29, 1.82) is 0 Å². The van der Waals surface area contributed by atoms with Crippen molar-refractivity contribution in [3.8, 4) is 0 Å². The first kappa shape index (κ1) is 19.9. The van der Waals surface area contributed by atoms with Crippen LogP contribution in [0.1, 0.15) is 52.5 Å². The Morgan fingerprint density at radius 1 is 1.20 bits per heavy atom. The van der Waals surface area contributed by atoms with Gasteiger partial charge in [-0.25, -0.2) is 0 Å². The van der Waals surface area contributed by atoms with Crippen LogP contribution in [0.2, 0.25) is 0 Å². The maximum atomic E-state index is 12.8. The second-order valence-electron chi connectivity index (χ2n) is 7.96. The number of benzene rings is 1. The van der Waals surface area contributed by atoms with Gasteiger partial charge in [-0.3, -0.25) is 9.69 Å². The normalized spacial score (nSPS) is 19.7. The topological polar surface area (TPSA) is 49.6 Å². The van der Waals surface area contributed by atoms with Gasteiger partial charge in [-0.15, -0.1) is 0 Å². The molecule has 0 aliphatic carbocycles. The molecular formula is C21H35N3O. The fourth-order valence-electron chi connectivity index (χ4n) is 3.50. The van der Waals surface area contributed by atoms with Crippen molar-refractivity contribution in [1.82, 2.24) is 9.80 Å². The highest BCUT2D eigenvalue weighted by atomic mass is 16.2. The van der Waals surface area contributed by atoms with Crippen molar-refractivity contribution in [2.24, 2.45) is 11.7 Å². The summed E-state index contributed by atoms with van der Waals surface area (Å²) >= 11 is 0. The number of hydrogen-bond donors (Lipinski definition) is 1. The lowest BCUT2D eigenvalue weighted by atomic mass is 9.97. The second-order valence-corrected chi connectivity index (χ2v) is 7.96. The maximum absolute atomic E-state index is 12.8. The minimum atomic E-state index is -0.387. The second kappa shape index (κ2) is 9.35. The lowest BCUT2D eigenvalue weighted by Gasteiger charge is -2.41. The average Bonchev–Trinajstić information content (AvgIpc) is 2.61. The number of rotatable bonds is 7. The van der Waals surface area contributed by atoms with Crippen LogP contribution >= 0.6 is 0 Å². The third-order valence-electron chi connectivity index (χ3n) is 5.32. The molecule has 4 nitrogen and oxygen atoms in total. The van der Waals surface area contributed by atoms with Gasteiger partial charge in [0.25, 0.3) is 0 Å². The lowest BCUT2D eigenvalue weighted by Crippen LogP contribution is -2.55. The molecule has 1 aliphatic rings. The lowest BCUT2D eigenvalue weighted by molar-refractivity contribution is -0.138. The molecule has 2 atom stereocenters. The van der Waals surface area contributed by atoms with Crippen molar-refractivity contribution in [2.45, 2.75) is 71.6 Å². The van der Waals surface area contributed by atoms with E-state index in [2.05, 4.69) is 54.0 Å². The van der Waals surface area contributed by atoms with E-state index < -0.39 is 0 Å². The van der Waals surface area contributed by atoms with E-state index in [0.717, 1.165) is 32.5 Å². The molecule has 25 heavy (non-hydrogen) atoms. The van der Waals surface area contributed by atoms with Gasteiger partial charge in [-0.05, 0) is 44.6 Å². The Kier molecular flexibility index (Phi) is 7.45. The Balaban J connectivity index is 2.08. The van der Waals surface area contributed by atoms with E-state index in [-0.39, 0.29) is 23.9 Å². The van der Waals surface area contributed by atoms with Gasteiger partial charge in [0.05, 0.1) is 6.04 Å². The van der Waals surface area contributed by atoms with Gasteiger partial charge in [-0.1, -0.05) is 44.2 Å². The SMILES string of the molecule is CC(C)[C@H](N)C(=O)N1CCCCC1CN(Cc1ccccc1)C(C)C. The van der Waals surface area contributed by atoms with Crippen LogP contribution in [0.15, 0.2) is 30.3 Å². The summed E-state index contributed by atoms with van der Waals surface area (Å²) in [5, 5.41) is 0. The first-order chi connectivity index (χ1) is 11.9. The predicted molar refractivity (Wildman–Crippen MR) is 104 cm³/mol. The van der Waals surface area contributed by atoms with Gasteiger partial charge >= 0.3 is 0 Å². The summed E-state index contributed by atoms with van der Waals surface area (Å²) < 4.78 is 0. The molecule has 0 aromatic heterocycles. The van der Waals surface area contributed by atoms with Crippen LogP contribution in [0, 0.1) is 5.92 Å². The number of carbonyl (C=O) groups is 1. The van der Waals surface area contributed by atoms with E-state index in [4.69, 9.17) is 5.73 Å². The number of hydrogen-bond acceptors (Lipinski definition) is 3. The minimum Gasteiger partial charge on any atom is -0.337 e. The summed E-state index contributed by atoms with van der Waals surface area (Å²) in [7, 11) is 0. The monoisotopic (exact) mass is 345 g/mol. The molecular weight excluding hydrogens is 310 g/mol. The third-order valence-corrected chi connectivity index (χ3v) is 5.32. The van der Waals surface area contributed by atoms with Crippen molar-refractivity contribution in [2.75, 3.05) is 13.1 Å². The van der Waals surface area contributed by atoms with E-state index in [1.807, 2.05) is 13.8 Å². The number of carbonyl (C=O) groups excluding carboxylic acids is 1. The molecule has 2 N–H and O–H groups in total. The number of piperidine rings is 1. The highest BCUT2D eigenvalue weighted by Crippen LogP contribution is 2.22. The summed E-state index contributed by atoms with van der Waals surface area (Å²) in [4.78, 5) is 17.4. The molecule has 4 heteroatoms. The van der Waals surface area contributed by atoms with Crippen LogP contribution in [0.4, 0.5) is 0 Å². The van der Waals surface area contributed by atoms with Crippen LogP contribution in [-0.2, 0) is 11.3 Å². The fourth-order valence-corrected chi connectivity index (χ4v) is 3.50. The zero-order chi connectivity index (χ0) is 18.4. The molecule has 1 heterocycles. The third kappa shape index (κ3) is 5.55. The molecule has 0 radical (unpaired) electrons. The summed E-state index contributed by atoms with van der Waals surface area (Å²) in [5.74, 6) is 0.309. The van der Waals surface area contributed by atoms with Gasteiger partial charge in [0.15, 0.2) is 0 Å². The molecule has 1 aromatic rings. The van der Waals surface area contributed by atoms with Gasteiger partial charge in [0, 0.05) is 31.7 Å². The molecule has 0 bridgehead atoms. The maximum Gasteiger partial charge on any atom is 0.240 e. The predicted octanol–water partition coefficient (Wildman–Crippen LogP) is 3.26. The molecule has 1 unspecified atom stereocenters. The van der Waals surface area contributed by atoms with E-state index >= 15 is 0 Å². The number of nitrogens with zero attached hydrogens (tertiary/aromatic N) is 2. The molecule has 1 aliphatic heterocycles. The highest BCUT2D eigenvalue weighted by molar-refractivity contribution is 5.82. The Bertz CT molecular complexity index is 529. The van der Waals surface area contributed by atoms with E-state index in [0.29, 0.717) is 6.04 Å². The molecule has 0 saturated carbocycles. The van der Waals surface area contributed by atoms with Crippen molar-refractivity contribution in [3.05, 3.63) is 35.9 Å². The standard InChI is InChI=1S/C21H35N3O/c1-16(2)20(22)21(25)24-13-9-8-12-19(24)15-23(17(3)4)14-18-10-6-5-7-11-18/h5-7,10-11,16-17,19-20H,8-9,12-15,22H2,1-4H3/t19?,20-/m0/s1. The zero-order valence-electron chi connectivity index (χ0n) is 16.3. The van der Waals surface area contributed by atoms with Crippen LogP contribution in [0.5, 0.6) is 0 Å². The highest BCUT2D eigenvalue weighted by Gasteiger charge is 2.32. The average molecular weight is 346 g/mol. The Labute approximate surface area is 153 Å². The summed E-state index contributed by atoms with van der Waals surface area (Å²) in [6, 6.07) is 10.9. The van der Waals surface area contributed by atoms with Crippen molar-refractivity contribution < 1.29 is 4.79 Å². The first-order valence-corrected chi connectivity index (χ1v) is 9.74. The molecule has 0 spiro atoms. The number of nitrogens with two attached hydrogens (primary N) is 1. The minimum absolute atomic E-state index is 0.128. The van der Waals surface area contributed by atoms with E-state index in [1.165, 1.54) is 12.0 Å². The van der Waals surface area contributed by atoms with Crippen LogP contribution < -0.4 is 5.73 Å². The summed E-state index contributed by atoms with van der Waals surface area (Å²) in [6.45, 7) is 11.2. The Hall–Kier alpha value is -1.39. The quantitative estimate of drug-likeness (QED) is 0.825. The van der Waals surface area contributed by atoms with Gasteiger partial charge in [0.1, 0.15) is 0 Å². The summed E-state index contributed by atoms with van der Waals surface area (Å²) in [6.07, 6.45) is 3.37. The van der Waals surface area contributed by atoms with Crippen molar-refractivity contribution >= 4 is 5.91 Å². The molecule has 2 rings (SSSR count). The van der Waals surface area contributed by atoms with Crippen LogP contribution in [0.3, 0.4) is 0 Å².